The molecule has 33 heavy (non-hydrogen) atoms. The van der Waals surface area contributed by atoms with E-state index in [1.165, 1.54) is 17.0 Å². The zero-order chi connectivity index (χ0) is 23.7. The van der Waals surface area contributed by atoms with E-state index in [1.54, 1.807) is 34.9 Å². The van der Waals surface area contributed by atoms with Crippen LogP contribution in [0.5, 0.6) is 0 Å². The van der Waals surface area contributed by atoms with Gasteiger partial charge in [-0.1, -0.05) is 42.0 Å². The molecule has 0 aliphatic heterocycles. The Labute approximate surface area is 192 Å². The molecule has 168 valence electrons. The molecule has 0 spiro atoms. The molecule has 0 radical (unpaired) electrons. The number of halogens is 1. The molecule has 0 saturated heterocycles. The molecule has 1 amide bonds. The average Bonchev–Trinajstić information content (AvgIpc) is 2.80. The van der Waals surface area contributed by atoms with E-state index < -0.39 is 17.8 Å². The minimum Gasteiger partial charge on any atom is -0.329 e. The molecule has 1 aromatic heterocycles. The number of aromatic nitrogens is 2. The van der Waals surface area contributed by atoms with Gasteiger partial charge in [-0.15, -0.1) is 0 Å². The Morgan fingerprint density at radius 1 is 1.06 bits per heavy atom. The highest BCUT2D eigenvalue weighted by Crippen LogP contribution is 2.26. The second kappa shape index (κ2) is 8.98. The molecule has 0 N–H and O–H groups in total. The zero-order valence-electron chi connectivity index (χ0n) is 19.2. The lowest BCUT2D eigenvalue weighted by molar-refractivity contribution is 0.0688. The van der Waals surface area contributed by atoms with Gasteiger partial charge in [0.25, 0.3) is 11.5 Å². The number of carbonyl (C=O) groups is 1. The van der Waals surface area contributed by atoms with E-state index in [9.17, 15) is 14.0 Å². The van der Waals surface area contributed by atoms with E-state index in [2.05, 4.69) is 0 Å². The summed E-state index contributed by atoms with van der Waals surface area (Å²) >= 11 is 0. The maximum Gasteiger partial charge on any atom is 0.266 e. The maximum atomic E-state index is 14.4. The van der Waals surface area contributed by atoms with E-state index in [1.807, 2.05) is 52.0 Å². The van der Waals surface area contributed by atoms with E-state index in [-0.39, 0.29) is 11.1 Å². The van der Waals surface area contributed by atoms with Gasteiger partial charge in [0.2, 0.25) is 0 Å². The van der Waals surface area contributed by atoms with Crippen molar-refractivity contribution in [3.8, 4) is 5.69 Å². The number of benzene rings is 3. The Bertz CT molecular complexity index is 1410. The van der Waals surface area contributed by atoms with Gasteiger partial charge in [0.05, 0.1) is 28.2 Å². The number of hydrogen-bond acceptors (Lipinski definition) is 3. The highest BCUT2D eigenvalue weighted by molar-refractivity contribution is 5.94. The second-order valence-electron chi connectivity index (χ2n) is 8.16. The topological polar surface area (TPSA) is 55.2 Å². The lowest BCUT2D eigenvalue weighted by Crippen LogP contribution is -2.37. The van der Waals surface area contributed by atoms with Crippen molar-refractivity contribution in [3.63, 3.8) is 0 Å². The van der Waals surface area contributed by atoms with Gasteiger partial charge in [0, 0.05) is 6.54 Å². The van der Waals surface area contributed by atoms with Crippen LogP contribution in [0.2, 0.25) is 0 Å². The minimum absolute atomic E-state index is 0.00703. The summed E-state index contributed by atoms with van der Waals surface area (Å²) in [6, 6.07) is 18.4. The summed E-state index contributed by atoms with van der Waals surface area (Å²) in [6.07, 6.45) is 0. The van der Waals surface area contributed by atoms with Gasteiger partial charge in [-0.3, -0.25) is 14.2 Å². The molecule has 0 aliphatic carbocycles. The first-order valence-electron chi connectivity index (χ1n) is 11.0. The van der Waals surface area contributed by atoms with Crippen molar-refractivity contribution in [2.75, 3.05) is 6.54 Å². The average molecular weight is 444 g/mol. The molecule has 0 bridgehead atoms. The highest BCUT2D eigenvalue weighted by atomic mass is 19.1. The van der Waals surface area contributed by atoms with E-state index in [4.69, 9.17) is 4.98 Å². The SMILES string of the molecule is CCN(C(=O)c1ccccc1F)C(C)c1nc2ccccc2c(=O)n1-c1ccc(C)cc1C. The third-order valence-corrected chi connectivity index (χ3v) is 5.94. The summed E-state index contributed by atoms with van der Waals surface area (Å²) in [5.74, 6) is -0.596. The van der Waals surface area contributed by atoms with Crippen LogP contribution in [0, 0.1) is 19.7 Å². The number of aryl methyl sites for hydroxylation is 2. The fourth-order valence-corrected chi connectivity index (χ4v) is 4.24. The van der Waals surface area contributed by atoms with Gasteiger partial charge in [-0.2, -0.15) is 0 Å². The van der Waals surface area contributed by atoms with Crippen LogP contribution in [-0.4, -0.2) is 26.9 Å². The van der Waals surface area contributed by atoms with Crippen molar-refractivity contribution in [1.29, 1.82) is 0 Å². The lowest BCUT2D eigenvalue weighted by Gasteiger charge is -2.30. The van der Waals surface area contributed by atoms with Crippen LogP contribution >= 0.6 is 0 Å². The van der Waals surface area contributed by atoms with Crippen molar-refractivity contribution >= 4 is 16.8 Å². The summed E-state index contributed by atoms with van der Waals surface area (Å²) in [7, 11) is 0. The Balaban J connectivity index is 1.94. The number of para-hydroxylation sites is 1. The fraction of sp³-hybridized carbons (Fsp3) is 0.222. The normalized spacial score (nSPS) is 12.0. The first-order chi connectivity index (χ1) is 15.8. The Hall–Kier alpha value is -3.80. The minimum atomic E-state index is -0.583. The van der Waals surface area contributed by atoms with Crippen LogP contribution in [0.4, 0.5) is 4.39 Å². The molecule has 1 atom stereocenters. The van der Waals surface area contributed by atoms with Crippen LogP contribution < -0.4 is 5.56 Å². The number of carbonyl (C=O) groups excluding carboxylic acids is 1. The van der Waals surface area contributed by atoms with Crippen LogP contribution in [0.25, 0.3) is 16.6 Å². The van der Waals surface area contributed by atoms with Crippen LogP contribution in [0.15, 0.2) is 71.5 Å². The van der Waals surface area contributed by atoms with Gasteiger partial charge in [-0.25, -0.2) is 9.37 Å². The molecule has 0 saturated carbocycles. The monoisotopic (exact) mass is 443 g/mol. The Kier molecular flexibility index (Phi) is 6.09. The van der Waals surface area contributed by atoms with Crippen molar-refractivity contribution in [3.05, 3.63) is 105 Å². The predicted octanol–water partition coefficient (Wildman–Crippen LogP) is 5.36. The molecular weight excluding hydrogens is 417 g/mol. The van der Waals surface area contributed by atoms with Gasteiger partial charge < -0.3 is 4.90 Å². The van der Waals surface area contributed by atoms with Gasteiger partial charge in [0.1, 0.15) is 11.6 Å². The molecule has 0 fully saturated rings. The fourth-order valence-electron chi connectivity index (χ4n) is 4.24. The molecular formula is C27H26FN3O2. The molecule has 5 nitrogen and oxygen atoms in total. The Morgan fingerprint density at radius 3 is 2.45 bits per heavy atom. The van der Waals surface area contributed by atoms with Crippen molar-refractivity contribution in [2.45, 2.75) is 33.7 Å². The molecule has 3 aromatic carbocycles. The summed E-state index contributed by atoms with van der Waals surface area (Å²) in [4.78, 5) is 33.3. The molecule has 4 aromatic rings. The number of nitrogens with zero attached hydrogens (tertiary/aromatic N) is 3. The van der Waals surface area contributed by atoms with Crippen molar-refractivity contribution < 1.29 is 9.18 Å². The predicted molar refractivity (Wildman–Crippen MR) is 128 cm³/mol. The number of rotatable bonds is 5. The van der Waals surface area contributed by atoms with E-state index >= 15 is 0 Å². The maximum absolute atomic E-state index is 14.4. The standard InChI is InChI=1S/C27H26FN3O2/c1-5-30(26(32)20-10-6-8-12-22(20)28)19(4)25-29-23-13-9-7-11-21(23)27(33)31(25)24-15-14-17(2)16-18(24)3/h6-16,19H,5H2,1-4H3. The number of hydrogen-bond donors (Lipinski definition) is 0. The lowest BCUT2D eigenvalue weighted by atomic mass is 10.1. The van der Waals surface area contributed by atoms with Crippen LogP contribution in [-0.2, 0) is 0 Å². The van der Waals surface area contributed by atoms with Gasteiger partial charge in [-0.05, 0) is 63.6 Å². The number of amides is 1. The molecule has 1 heterocycles. The van der Waals surface area contributed by atoms with Crippen molar-refractivity contribution in [1.82, 2.24) is 14.5 Å². The summed E-state index contributed by atoms with van der Waals surface area (Å²) in [5, 5.41) is 0.497. The molecule has 6 heteroatoms. The summed E-state index contributed by atoms with van der Waals surface area (Å²) in [6.45, 7) is 7.91. The summed E-state index contributed by atoms with van der Waals surface area (Å²) in [5.41, 5.74) is 3.06. The van der Waals surface area contributed by atoms with Gasteiger partial charge in [0.15, 0.2) is 0 Å². The third kappa shape index (κ3) is 4.04. The quantitative estimate of drug-likeness (QED) is 0.417. The van der Waals surface area contributed by atoms with Crippen LogP contribution in [0.3, 0.4) is 0 Å². The number of fused-ring (bicyclic) bond motifs is 1. The molecule has 1 unspecified atom stereocenters. The third-order valence-electron chi connectivity index (χ3n) is 5.94. The van der Waals surface area contributed by atoms with E-state index in [0.29, 0.717) is 29.0 Å². The zero-order valence-corrected chi connectivity index (χ0v) is 19.2. The smallest absolute Gasteiger partial charge is 0.266 e. The molecule has 4 rings (SSSR count). The van der Waals surface area contributed by atoms with Crippen molar-refractivity contribution in [2.24, 2.45) is 0 Å². The molecule has 0 aliphatic rings. The summed E-state index contributed by atoms with van der Waals surface area (Å²) < 4.78 is 16.0. The first kappa shape index (κ1) is 22.4. The van der Waals surface area contributed by atoms with E-state index in [0.717, 1.165) is 11.1 Å². The Morgan fingerprint density at radius 2 is 1.76 bits per heavy atom. The largest absolute Gasteiger partial charge is 0.329 e. The first-order valence-corrected chi connectivity index (χ1v) is 11.0. The van der Waals surface area contributed by atoms with Crippen LogP contribution in [0.1, 0.15) is 47.2 Å². The second-order valence-corrected chi connectivity index (χ2v) is 8.16. The highest BCUT2D eigenvalue weighted by Gasteiger charge is 2.28. The van der Waals surface area contributed by atoms with Gasteiger partial charge >= 0.3 is 0 Å².